The first kappa shape index (κ1) is 13.4. The van der Waals surface area contributed by atoms with E-state index in [0.29, 0.717) is 17.0 Å². The fraction of sp³-hybridized carbons (Fsp3) is 0.0667. The molecule has 5 heteroatoms. The molecule has 4 nitrogen and oxygen atoms in total. The summed E-state index contributed by atoms with van der Waals surface area (Å²) in [6.45, 7) is 0. The van der Waals surface area contributed by atoms with Gasteiger partial charge in [-0.1, -0.05) is 12.1 Å². The Bertz CT molecular complexity index is 729. The number of halogens is 1. The van der Waals surface area contributed by atoms with E-state index in [1.54, 1.807) is 30.3 Å². The van der Waals surface area contributed by atoms with Gasteiger partial charge in [0, 0.05) is 0 Å². The topological polar surface area (TPSA) is 68.8 Å². The second-order valence-corrected chi connectivity index (χ2v) is 3.89. The lowest BCUT2D eigenvalue weighted by molar-refractivity contribution is 0.416. The molecule has 1 N–H and O–H groups in total. The summed E-state index contributed by atoms with van der Waals surface area (Å²) in [4.78, 5) is 0. The Hall–Kier alpha value is -3.05. The summed E-state index contributed by atoms with van der Waals surface area (Å²) in [5, 5.41) is 21.0. The highest BCUT2D eigenvalue weighted by Crippen LogP contribution is 2.32. The van der Waals surface area contributed by atoms with E-state index in [1.165, 1.54) is 19.2 Å². The normalized spacial score (nSPS) is 9.40. The number of hydrogen-bond donors (Lipinski definition) is 1. The van der Waals surface area contributed by atoms with Crippen molar-refractivity contribution in [3.8, 4) is 17.9 Å². The van der Waals surface area contributed by atoms with Crippen molar-refractivity contribution in [1.82, 2.24) is 0 Å². The Morgan fingerprint density at radius 2 is 1.85 bits per heavy atom. The molecule has 0 fully saturated rings. The molecule has 0 aromatic heterocycles. The van der Waals surface area contributed by atoms with Crippen molar-refractivity contribution >= 4 is 11.4 Å². The van der Waals surface area contributed by atoms with Crippen molar-refractivity contribution in [3.05, 3.63) is 53.3 Å². The summed E-state index contributed by atoms with van der Waals surface area (Å²) in [5.74, 6) is -0.178. The van der Waals surface area contributed by atoms with Gasteiger partial charge in [0.1, 0.15) is 29.3 Å². The van der Waals surface area contributed by atoms with E-state index < -0.39 is 5.82 Å². The first-order valence-electron chi connectivity index (χ1n) is 5.74. The van der Waals surface area contributed by atoms with Gasteiger partial charge in [-0.15, -0.1) is 0 Å². The van der Waals surface area contributed by atoms with E-state index in [-0.39, 0.29) is 11.3 Å². The van der Waals surface area contributed by atoms with Crippen molar-refractivity contribution in [2.45, 2.75) is 0 Å². The van der Waals surface area contributed by atoms with E-state index in [9.17, 15) is 4.39 Å². The number of para-hydroxylation sites is 1. The summed E-state index contributed by atoms with van der Waals surface area (Å²) in [7, 11) is 1.47. The molecule has 0 saturated carbocycles. The Balaban J connectivity index is 2.54. The smallest absolute Gasteiger partial charge is 0.143 e. The second kappa shape index (κ2) is 5.73. The molecular weight excluding hydrogens is 257 g/mol. The summed E-state index contributed by atoms with van der Waals surface area (Å²) >= 11 is 0. The van der Waals surface area contributed by atoms with Gasteiger partial charge in [-0.25, -0.2) is 4.39 Å². The van der Waals surface area contributed by atoms with Crippen LogP contribution in [0.4, 0.5) is 15.8 Å². The van der Waals surface area contributed by atoms with Gasteiger partial charge in [0.25, 0.3) is 0 Å². The maximum absolute atomic E-state index is 13.6. The first-order valence-corrected chi connectivity index (χ1v) is 5.74. The van der Waals surface area contributed by atoms with Crippen LogP contribution in [0.3, 0.4) is 0 Å². The van der Waals surface area contributed by atoms with E-state index in [4.69, 9.17) is 15.3 Å². The molecule has 0 atom stereocenters. The molecule has 2 rings (SSSR count). The molecule has 0 aliphatic heterocycles. The van der Waals surface area contributed by atoms with Gasteiger partial charge in [0.2, 0.25) is 0 Å². The molecule has 0 unspecified atom stereocenters. The minimum Gasteiger partial charge on any atom is -0.495 e. The van der Waals surface area contributed by atoms with Crippen LogP contribution in [0.15, 0.2) is 36.4 Å². The molecule has 0 amide bonds. The SMILES string of the molecule is COc1cccc(C#N)c1Nc1cccc(F)c1C#N. The largest absolute Gasteiger partial charge is 0.495 e. The quantitative estimate of drug-likeness (QED) is 0.926. The standard InChI is InChI=1S/C15H10FN3O/c1-20-14-7-2-4-10(8-17)15(14)19-13-6-3-5-12(16)11(13)9-18/h2-7,19H,1H3. The van der Waals surface area contributed by atoms with E-state index >= 15 is 0 Å². The molecule has 2 aromatic carbocycles. The Labute approximate surface area is 115 Å². The van der Waals surface area contributed by atoms with Crippen LogP contribution in [-0.2, 0) is 0 Å². The minimum absolute atomic E-state index is 0.109. The molecule has 0 aliphatic rings. The molecule has 0 spiro atoms. The van der Waals surface area contributed by atoms with Gasteiger partial charge in [-0.2, -0.15) is 10.5 Å². The molecule has 2 aromatic rings. The number of rotatable bonds is 3. The third-order valence-electron chi connectivity index (χ3n) is 2.75. The van der Waals surface area contributed by atoms with Gasteiger partial charge in [0.05, 0.1) is 24.0 Å². The average Bonchev–Trinajstić information content (AvgIpc) is 2.47. The van der Waals surface area contributed by atoms with Gasteiger partial charge in [0.15, 0.2) is 0 Å². The van der Waals surface area contributed by atoms with Crippen LogP contribution >= 0.6 is 0 Å². The molecule has 0 aliphatic carbocycles. The van der Waals surface area contributed by atoms with Crippen LogP contribution in [0.25, 0.3) is 0 Å². The molecule has 0 radical (unpaired) electrons. The fourth-order valence-electron chi connectivity index (χ4n) is 1.80. The van der Waals surface area contributed by atoms with Crippen molar-refractivity contribution in [3.63, 3.8) is 0 Å². The van der Waals surface area contributed by atoms with Crippen LogP contribution in [0.5, 0.6) is 5.75 Å². The summed E-state index contributed by atoms with van der Waals surface area (Å²) < 4.78 is 18.7. The minimum atomic E-state index is -0.620. The average molecular weight is 267 g/mol. The predicted molar refractivity (Wildman–Crippen MR) is 72.1 cm³/mol. The number of nitrogens with zero attached hydrogens (tertiary/aromatic N) is 2. The van der Waals surface area contributed by atoms with Gasteiger partial charge in [-0.05, 0) is 24.3 Å². The van der Waals surface area contributed by atoms with Crippen LogP contribution in [-0.4, -0.2) is 7.11 Å². The summed E-state index contributed by atoms with van der Waals surface area (Å²) in [5.41, 5.74) is 0.924. The Morgan fingerprint density at radius 3 is 2.50 bits per heavy atom. The third-order valence-corrected chi connectivity index (χ3v) is 2.75. The molecule has 98 valence electrons. The van der Waals surface area contributed by atoms with Crippen molar-refractivity contribution in [1.29, 1.82) is 10.5 Å². The first-order chi connectivity index (χ1) is 9.71. The van der Waals surface area contributed by atoms with Crippen molar-refractivity contribution in [2.24, 2.45) is 0 Å². The number of hydrogen-bond acceptors (Lipinski definition) is 4. The number of anilines is 2. The molecule has 0 heterocycles. The van der Waals surface area contributed by atoms with Gasteiger partial charge >= 0.3 is 0 Å². The highest BCUT2D eigenvalue weighted by molar-refractivity contribution is 5.75. The number of benzene rings is 2. The second-order valence-electron chi connectivity index (χ2n) is 3.89. The zero-order valence-corrected chi connectivity index (χ0v) is 10.6. The van der Waals surface area contributed by atoms with Crippen LogP contribution < -0.4 is 10.1 Å². The maximum atomic E-state index is 13.6. The molecule has 20 heavy (non-hydrogen) atoms. The molecule has 0 saturated heterocycles. The zero-order valence-electron chi connectivity index (χ0n) is 10.6. The van der Waals surface area contributed by atoms with Crippen molar-refractivity contribution in [2.75, 3.05) is 12.4 Å². The van der Waals surface area contributed by atoms with Gasteiger partial charge in [-0.3, -0.25) is 0 Å². The number of nitrogens with one attached hydrogen (secondary N) is 1. The van der Waals surface area contributed by atoms with Crippen LogP contribution in [0.1, 0.15) is 11.1 Å². The molecule has 0 bridgehead atoms. The van der Waals surface area contributed by atoms with E-state index in [0.717, 1.165) is 0 Å². The number of nitriles is 2. The number of ether oxygens (including phenoxy) is 1. The Kier molecular flexibility index (Phi) is 3.83. The number of methoxy groups -OCH3 is 1. The maximum Gasteiger partial charge on any atom is 0.143 e. The van der Waals surface area contributed by atoms with Crippen molar-refractivity contribution < 1.29 is 9.13 Å². The summed E-state index contributed by atoms with van der Waals surface area (Å²) in [6, 6.07) is 13.0. The summed E-state index contributed by atoms with van der Waals surface area (Å²) in [6.07, 6.45) is 0. The lowest BCUT2D eigenvalue weighted by Crippen LogP contribution is -2.00. The van der Waals surface area contributed by atoms with E-state index in [2.05, 4.69) is 5.32 Å². The fourth-order valence-corrected chi connectivity index (χ4v) is 1.80. The molecular formula is C15H10FN3O. The zero-order chi connectivity index (χ0) is 14.5. The van der Waals surface area contributed by atoms with Crippen LogP contribution in [0, 0.1) is 28.5 Å². The monoisotopic (exact) mass is 267 g/mol. The third kappa shape index (κ3) is 2.38. The highest BCUT2D eigenvalue weighted by Gasteiger charge is 2.13. The lowest BCUT2D eigenvalue weighted by Gasteiger charge is -2.13. The van der Waals surface area contributed by atoms with Gasteiger partial charge < -0.3 is 10.1 Å². The van der Waals surface area contributed by atoms with E-state index in [1.807, 2.05) is 6.07 Å². The predicted octanol–water partition coefficient (Wildman–Crippen LogP) is 3.32. The highest BCUT2D eigenvalue weighted by atomic mass is 19.1. The Morgan fingerprint density at radius 1 is 1.10 bits per heavy atom. The lowest BCUT2D eigenvalue weighted by atomic mass is 10.1. The van der Waals surface area contributed by atoms with Crippen LogP contribution in [0.2, 0.25) is 0 Å².